The Morgan fingerprint density at radius 3 is 2.62 bits per heavy atom. The molecule has 1 fully saturated rings. The molecule has 0 radical (unpaired) electrons. The molecule has 4 heteroatoms. The van der Waals surface area contributed by atoms with Crippen LogP contribution in [0, 0.1) is 0 Å². The van der Waals surface area contributed by atoms with E-state index in [1.165, 1.54) is 44.6 Å². The smallest absolute Gasteiger partial charge is 0.223 e. The monoisotopic (exact) mass is 222 g/mol. The van der Waals surface area contributed by atoms with Gasteiger partial charge in [0.1, 0.15) is 0 Å². The van der Waals surface area contributed by atoms with Crippen molar-refractivity contribution in [3.05, 3.63) is 28.7 Å². The minimum atomic E-state index is -0.311. The van der Waals surface area contributed by atoms with Gasteiger partial charge in [0.15, 0.2) is 5.75 Å². The molecule has 1 aromatic rings. The van der Waals surface area contributed by atoms with E-state index in [0.717, 1.165) is 13.1 Å². The van der Waals surface area contributed by atoms with Crippen molar-refractivity contribution in [1.82, 2.24) is 9.47 Å². The first kappa shape index (κ1) is 11.2. The lowest BCUT2D eigenvalue weighted by atomic mass is 10.1. The summed E-state index contributed by atoms with van der Waals surface area (Å²) in [5, 5.41) is 9.29. The zero-order chi connectivity index (χ0) is 11.4. The third kappa shape index (κ3) is 2.85. The van der Waals surface area contributed by atoms with Crippen LogP contribution in [0.25, 0.3) is 0 Å². The van der Waals surface area contributed by atoms with Crippen LogP contribution in [0.15, 0.2) is 23.3 Å². The highest BCUT2D eigenvalue weighted by Gasteiger charge is 2.09. The molecule has 0 saturated carbocycles. The van der Waals surface area contributed by atoms with E-state index >= 15 is 0 Å². The quantitative estimate of drug-likeness (QED) is 0.831. The second-order valence-corrected chi connectivity index (χ2v) is 4.33. The second kappa shape index (κ2) is 5.16. The number of nitrogens with zero attached hydrogens (tertiary/aromatic N) is 2. The van der Waals surface area contributed by atoms with Crippen LogP contribution in [0.3, 0.4) is 0 Å². The van der Waals surface area contributed by atoms with Crippen molar-refractivity contribution in [2.24, 2.45) is 0 Å². The van der Waals surface area contributed by atoms with E-state index in [0.29, 0.717) is 0 Å². The van der Waals surface area contributed by atoms with Gasteiger partial charge in [-0.1, -0.05) is 6.42 Å². The maximum absolute atomic E-state index is 11.0. The van der Waals surface area contributed by atoms with Gasteiger partial charge in [0.2, 0.25) is 5.43 Å². The molecule has 1 N–H and O–H groups in total. The average Bonchev–Trinajstić information content (AvgIpc) is 2.32. The van der Waals surface area contributed by atoms with Crippen molar-refractivity contribution in [2.45, 2.75) is 25.8 Å². The molecule has 2 rings (SSSR count). The first-order valence-corrected chi connectivity index (χ1v) is 5.87. The minimum absolute atomic E-state index is 0.166. The highest BCUT2D eigenvalue weighted by molar-refractivity contribution is 5.14. The number of pyridine rings is 1. The van der Waals surface area contributed by atoms with Gasteiger partial charge in [-0.05, 0) is 25.9 Å². The van der Waals surface area contributed by atoms with E-state index in [9.17, 15) is 9.90 Å². The molecule has 88 valence electrons. The van der Waals surface area contributed by atoms with Gasteiger partial charge in [0, 0.05) is 31.5 Å². The summed E-state index contributed by atoms with van der Waals surface area (Å²) < 4.78 is 1.87. The Bertz CT molecular complexity index is 394. The Balaban J connectivity index is 1.88. The molecule has 2 heterocycles. The van der Waals surface area contributed by atoms with Crippen LogP contribution in [0.5, 0.6) is 5.75 Å². The largest absolute Gasteiger partial charge is 0.503 e. The maximum atomic E-state index is 11.0. The minimum Gasteiger partial charge on any atom is -0.503 e. The van der Waals surface area contributed by atoms with Crippen molar-refractivity contribution in [3.8, 4) is 5.75 Å². The molecule has 1 aliphatic rings. The van der Waals surface area contributed by atoms with Gasteiger partial charge in [0.05, 0.1) is 0 Å². The van der Waals surface area contributed by atoms with Crippen LogP contribution in [0.2, 0.25) is 0 Å². The Kier molecular flexibility index (Phi) is 3.62. The first-order valence-electron chi connectivity index (χ1n) is 5.87. The van der Waals surface area contributed by atoms with Crippen LogP contribution in [-0.4, -0.2) is 34.2 Å². The predicted molar refractivity (Wildman–Crippen MR) is 62.7 cm³/mol. The summed E-state index contributed by atoms with van der Waals surface area (Å²) in [6.45, 7) is 4.16. The predicted octanol–water partition coefficient (Wildman–Crippen LogP) is 1.04. The summed E-state index contributed by atoms with van der Waals surface area (Å²) in [5.41, 5.74) is -0.311. The summed E-state index contributed by atoms with van der Waals surface area (Å²) in [7, 11) is 0. The average molecular weight is 222 g/mol. The molecule has 16 heavy (non-hydrogen) atoms. The molecule has 0 atom stereocenters. The Morgan fingerprint density at radius 1 is 1.19 bits per heavy atom. The first-order chi connectivity index (χ1) is 7.75. The zero-order valence-corrected chi connectivity index (χ0v) is 9.43. The van der Waals surface area contributed by atoms with Crippen molar-refractivity contribution in [1.29, 1.82) is 0 Å². The van der Waals surface area contributed by atoms with Crippen molar-refractivity contribution in [2.75, 3.05) is 19.6 Å². The topological polar surface area (TPSA) is 45.5 Å². The summed E-state index contributed by atoms with van der Waals surface area (Å²) in [4.78, 5) is 13.4. The number of aromatic nitrogens is 1. The normalized spacial score (nSPS) is 17.5. The van der Waals surface area contributed by atoms with E-state index < -0.39 is 0 Å². The molecule has 1 aromatic heterocycles. The SMILES string of the molecule is O=c1ccn(CCN2CCCCC2)cc1O. The third-order valence-corrected chi connectivity index (χ3v) is 3.08. The molecule has 1 aliphatic heterocycles. The summed E-state index contributed by atoms with van der Waals surface area (Å²) >= 11 is 0. The van der Waals surface area contributed by atoms with Crippen molar-refractivity contribution in [3.63, 3.8) is 0 Å². The molecule has 0 amide bonds. The maximum Gasteiger partial charge on any atom is 0.223 e. The van der Waals surface area contributed by atoms with Crippen LogP contribution in [-0.2, 0) is 6.54 Å². The van der Waals surface area contributed by atoms with Gasteiger partial charge in [0.25, 0.3) is 0 Å². The number of hydrogen-bond acceptors (Lipinski definition) is 3. The summed E-state index contributed by atoms with van der Waals surface area (Å²) in [6, 6.07) is 1.41. The zero-order valence-electron chi connectivity index (χ0n) is 9.43. The Labute approximate surface area is 95.1 Å². The van der Waals surface area contributed by atoms with Gasteiger partial charge < -0.3 is 14.6 Å². The molecule has 0 unspecified atom stereocenters. The fourth-order valence-corrected chi connectivity index (χ4v) is 2.09. The van der Waals surface area contributed by atoms with E-state index in [1.807, 2.05) is 4.57 Å². The second-order valence-electron chi connectivity index (χ2n) is 4.33. The van der Waals surface area contributed by atoms with Gasteiger partial charge in [-0.25, -0.2) is 0 Å². The Hall–Kier alpha value is -1.29. The fourth-order valence-electron chi connectivity index (χ4n) is 2.09. The van der Waals surface area contributed by atoms with Crippen LogP contribution in [0.1, 0.15) is 19.3 Å². The number of piperidine rings is 1. The van der Waals surface area contributed by atoms with Crippen LogP contribution in [0.4, 0.5) is 0 Å². The number of aromatic hydroxyl groups is 1. The third-order valence-electron chi connectivity index (χ3n) is 3.08. The lowest BCUT2D eigenvalue weighted by Crippen LogP contribution is -2.32. The van der Waals surface area contributed by atoms with Crippen molar-refractivity contribution >= 4 is 0 Å². The molecular formula is C12H18N2O2. The molecular weight excluding hydrogens is 204 g/mol. The summed E-state index contributed by atoms with van der Waals surface area (Å²) in [5.74, 6) is -0.166. The van der Waals surface area contributed by atoms with E-state index in [2.05, 4.69) is 4.90 Å². The molecule has 0 bridgehead atoms. The van der Waals surface area contributed by atoms with Crippen LogP contribution >= 0.6 is 0 Å². The lowest BCUT2D eigenvalue weighted by molar-refractivity contribution is 0.220. The van der Waals surface area contributed by atoms with Crippen molar-refractivity contribution < 1.29 is 5.11 Å². The number of hydrogen-bond donors (Lipinski definition) is 1. The van der Waals surface area contributed by atoms with Gasteiger partial charge in [-0.3, -0.25) is 4.79 Å². The molecule has 0 aromatic carbocycles. The highest BCUT2D eigenvalue weighted by Crippen LogP contribution is 2.08. The summed E-state index contributed by atoms with van der Waals surface area (Å²) in [6.07, 6.45) is 7.15. The van der Waals surface area contributed by atoms with Gasteiger partial charge in [-0.2, -0.15) is 0 Å². The lowest BCUT2D eigenvalue weighted by Gasteiger charge is -2.26. The van der Waals surface area contributed by atoms with Gasteiger partial charge >= 0.3 is 0 Å². The molecule has 4 nitrogen and oxygen atoms in total. The van der Waals surface area contributed by atoms with E-state index in [-0.39, 0.29) is 11.2 Å². The number of likely N-dealkylation sites (tertiary alicyclic amines) is 1. The molecule has 0 spiro atoms. The van der Waals surface area contributed by atoms with E-state index in [1.54, 1.807) is 6.20 Å². The fraction of sp³-hybridized carbons (Fsp3) is 0.583. The molecule has 1 saturated heterocycles. The Morgan fingerprint density at radius 2 is 1.94 bits per heavy atom. The standard InChI is InChI=1S/C12H18N2O2/c15-11-4-7-14(10-12(11)16)9-8-13-5-2-1-3-6-13/h4,7,10,16H,1-3,5-6,8-9H2. The van der Waals surface area contributed by atoms with Crippen LogP contribution < -0.4 is 5.43 Å². The highest BCUT2D eigenvalue weighted by atomic mass is 16.3. The van der Waals surface area contributed by atoms with E-state index in [4.69, 9.17) is 0 Å². The number of rotatable bonds is 3. The van der Waals surface area contributed by atoms with Gasteiger partial charge in [-0.15, -0.1) is 0 Å². The molecule has 0 aliphatic carbocycles.